The molecule has 1 amide bonds. The van der Waals surface area contributed by atoms with E-state index in [-0.39, 0.29) is 18.1 Å². The molecule has 0 radical (unpaired) electrons. The van der Waals surface area contributed by atoms with Crippen molar-refractivity contribution in [3.63, 3.8) is 0 Å². The van der Waals surface area contributed by atoms with Crippen molar-refractivity contribution in [3.8, 4) is 6.07 Å². The van der Waals surface area contributed by atoms with Crippen molar-refractivity contribution in [2.24, 2.45) is 0 Å². The second-order valence-corrected chi connectivity index (χ2v) is 4.67. The molecular formula is C17H15FN2O. The Balaban J connectivity index is 1.88. The van der Waals surface area contributed by atoms with Crippen LogP contribution in [0.15, 0.2) is 48.5 Å². The molecule has 0 spiro atoms. The molecule has 0 aromatic heterocycles. The lowest BCUT2D eigenvalue weighted by Crippen LogP contribution is -2.25. The number of nitrogens with one attached hydrogen (secondary N) is 1. The summed E-state index contributed by atoms with van der Waals surface area (Å²) in [5.74, 6) is -0.436. The fourth-order valence-corrected chi connectivity index (χ4v) is 1.99. The third-order valence-electron chi connectivity index (χ3n) is 3.08. The average molecular weight is 282 g/mol. The molecule has 0 aliphatic carbocycles. The van der Waals surface area contributed by atoms with Crippen LogP contribution in [0.25, 0.3) is 0 Å². The minimum atomic E-state index is -0.267. The van der Waals surface area contributed by atoms with E-state index >= 15 is 0 Å². The molecule has 1 N–H and O–H groups in total. The Bertz CT molecular complexity index is 659. The van der Waals surface area contributed by atoms with Crippen molar-refractivity contribution in [2.75, 3.05) is 6.54 Å². The van der Waals surface area contributed by atoms with Gasteiger partial charge >= 0.3 is 0 Å². The number of hydrogen-bond acceptors (Lipinski definition) is 2. The Kier molecular flexibility index (Phi) is 5.05. The van der Waals surface area contributed by atoms with Crippen molar-refractivity contribution < 1.29 is 9.18 Å². The molecule has 0 unspecified atom stereocenters. The summed E-state index contributed by atoms with van der Waals surface area (Å²) in [7, 11) is 0. The van der Waals surface area contributed by atoms with Crippen LogP contribution >= 0.6 is 0 Å². The highest BCUT2D eigenvalue weighted by molar-refractivity contribution is 5.94. The maximum Gasteiger partial charge on any atom is 0.251 e. The number of rotatable bonds is 5. The van der Waals surface area contributed by atoms with Gasteiger partial charge in [-0.25, -0.2) is 4.39 Å². The molecule has 0 saturated carbocycles. The first-order valence-corrected chi connectivity index (χ1v) is 6.67. The number of nitriles is 1. The van der Waals surface area contributed by atoms with E-state index in [9.17, 15) is 9.18 Å². The summed E-state index contributed by atoms with van der Waals surface area (Å²) >= 11 is 0. The monoisotopic (exact) mass is 282 g/mol. The Labute approximate surface area is 123 Å². The van der Waals surface area contributed by atoms with E-state index in [0.29, 0.717) is 18.5 Å². The molecule has 106 valence electrons. The van der Waals surface area contributed by atoms with E-state index in [0.717, 1.165) is 11.1 Å². The Hall–Kier alpha value is -2.67. The number of halogens is 1. The van der Waals surface area contributed by atoms with Crippen LogP contribution in [0.1, 0.15) is 21.5 Å². The minimum Gasteiger partial charge on any atom is -0.352 e. The van der Waals surface area contributed by atoms with Gasteiger partial charge in [0.1, 0.15) is 5.82 Å². The van der Waals surface area contributed by atoms with E-state index in [4.69, 9.17) is 5.26 Å². The van der Waals surface area contributed by atoms with E-state index in [1.165, 1.54) is 12.1 Å². The molecule has 0 aliphatic heterocycles. The normalized spacial score (nSPS) is 9.90. The average Bonchev–Trinajstić information content (AvgIpc) is 2.50. The lowest BCUT2D eigenvalue weighted by molar-refractivity contribution is 0.0954. The highest BCUT2D eigenvalue weighted by atomic mass is 19.1. The molecule has 0 fully saturated rings. The first kappa shape index (κ1) is 14.7. The number of amides is 1. The van der Waals surface area contributed by atoms with Crippen LogP contribution < -0.4 is 5.32 Å². The van der Waals surface area contributed by atoms with Gasteiger partial charge in [-0.2, -0.15) is 5.26 Å². The maximum absolute atomic E-state index is 12.8. The summed E-state index contributed by atoms with van der Waals surface area (Å²) in [6.45, 7) is 0.479. The van der Waals surface area contributed by atoms with Crippen LogP contribution in [0, 0.1) is 17.1 Å². The minimum absolute atomic E-state index is 0.170. The SMILES string of the molecule is N#CCc1cccc(C(=O)NCCc2ccc(F)cc2)c1. The van der Waals surface area contributed by atoms with Crippen molar-refractivity contribution in [2.45, 2.75) is 12.8 Å². The van der Waals surface area contributed by atoms with Gasteiger partial charge in [-0.15, -0.1) is 0 Å². The van der Waals surface area contributed by atoms with Crippen LogP contribution in [0.3, 0.4) is 0 Å². The molecule has 4 heteroatoms. The summed E-state index contributed by atoms with van der Waals surface area (Å²) in [6.07, 6.45) is 0.931. The fourth-order valence-electron chi connectivity index (χ4n) is 1.99. The fraction of sp³-hybridized carbons (Fsp3) is 0.176. The molecule has 2 aromatic carbocycles. The van der Waals surface area contributed by atoms with Crippen molar-refractivity contribution in [1.29, 1.82) is 5.26 Å². The van der Waals surface area contributed by atoms with Crippen LogP contribution in [0.4, 0.5) is 4.39 Å². The molecule has 0 atom stereocenters. The second-order valence-electron chi connectivity index (χ2n) is 4.67. The lowest BCUT2D eigenvalue weighted by atomic mass is 10.1. The summed E-state index contributed by atoms with van der Waals surface area (Å²) in [4.78, 5) is 12.0. The van der Waals surface area contributed by atoms with Gasteiger partial charge in [0.2, 0.25) is 0 Å². The highest BCUT2D eigenvalue weighted by Gasteiger charge is 2.05. The van der Waals surface area contributed by atoms with Crippen molar-refractivity contribution in [3.05, 3.63) is 71.0 Å². The number of benzene rings is 2. The number of carbonyl (C=O) groups is 1. The molecule has 3 nitrogen and oxygen atoms in total. The Morgan fingerprint density at radius 2 is 1.90 bits per heavy atom. The smallest absolute Gasteiger partial charge is 0.251 e. The standard InChI is InChI=1S/C17H15FN2O/c18-16-6-4-13(5-7-16)9-11-20-17(21)15-3-1-2-14(12-15)8-10-19/h1-7,12H,8-9,11H2,(H,20,21). The molecule has 21 heavy (non-hydrogen) atoms. The largest absolute Gasteiger partial charge is 0.352 e. The maximum atomic E-state index is 12.8. The molecular weight excluding hydrogens is 267 g/mol. The zero-order valence-corrected chi connectivity index (χ0v) is 11.5. The summed E-state index contributed by atoms with van der Waals surface area (Å²) < 4.78 is 12.8. The topological polar surface area (TPSA) is 52.9 Å². The van der Waals surface area contributed by atoms with E-state index in [2.05, 4.69) is 11.4 Å². The number of hydrogen-bond donors (Lipinski definition) is 1. The zero-order valence-electron chi connectivity index (χ0n) is 11.5. The predicted octanol–water partition coefficient (Wildman–Crippen LogP) is 2.86. The number of nitrogens with zero attached hydrogens (tertiary/aromatic N) is 1. The van der Waals surface area contributed by atoms with Crippen LogP contribution in [0.2, 0.25) is 0 Å². The predicted molar refractivity (Wildman–Crippen MR) is 78.2 cm³/mol. The van der Waals surface area contributed by atoms with Crippen molar-refractivity contribution in [1.82, 2.24) is 5.32 Å². The van der Waals surface area contributed by atoms with Gasteiger partial charge in [-0.3, -0.25) is 4.79 Å². The quantitative estimate of drug-likeness (QED) is 0.916. The molecule has 0 saturated heterocycles. The van der Waals surface area contributed by atoms with Crippen LogP contribution in [-0.4, -0.2) is 12.5 Å². The first-order chi connectivity index (χ1) is 10.2. The van der Waals surface area contributed by atoms with Gasteiger partial charge in [0, 0.05) is 12.1 Å². The van der Waals surface area contributed by atoms with E-state index < -0.39 is 0 Å². The Morgan fingerprint density at radius 3 is 2.62 bits per heavy atom. The zero-order chi connectivity index (χ0) is 15.1. The lowest BCUT2D eigenvalue weighted by Gasteiger charge is -2.06. The first-order valence-electron chi connectivity index (χ1n) is 6.67. The molecule has 2 aromatic rings. The molecule has 2 rings (SSSR count). The second kappa shape index (κ2) is 7.20. The molecule has 0 heterocycles. The Morgan fingerprint density at radius 1 is 1.14 bits per heavy atom. The number of carbonyl (C=O) groups excluding carboxylic acids is 1. The summed E-state index contributed by atoms with van der Waals surface area (Å²) in [5.41, 5.74) is 2.33. The van der Waals surface area contributed by atoms with Gasteiger partial charge in [0.25, 0.3) is 5.91 Å². The van der Waals surface area contributed by atoms with Gasteiger partial charge in [-0.1, -0.05) is 24.3 Å². The van der Waals surface area contributed by atoms with Gasteiger partial charge in [0.05, 0.1) is 12.5 Å². The highest BCUT2D eigenvalue weighted by Crippen LogP contribution is 2.06. The van der Waals surface area contributed by atoms with Gasteiger partial charge < -0.3 is 5.32 Å². The third-order valence-corrected chi connectivity index (χ3v) is 3.08. The van der Waals surface area contributed by atoms with Crippen molar-refractivity contribution >= 4 is 5.91 Å². The van der Waals surface area contributed by atoms with Gasteiger partial charge in [0.15, 0.2) is 0 Å². The van der Waals surface area contributed by atoms with Crippen LogP contribution in [0.5, 0.6) is 0 Å². The van der Waals surface area contributed by atoms with E-state index in [1.54, 1.807) is 30.3 Å². The van der Waals surface area contributed by atoms with Crippen LogP contribution in [-0.2, 0) is 12.8 Å². The summed E-state index contributed by atoms with van der Waals surface area (Å²) in [5, 5.41) is 11.5. The molecule has 0 aliphatic rings. The van der Waals surface area contributed by atoms with Gasteiger partial charge in [-0.05, 0) is 41.8 Å². The third kappa shape index (κ3) is 4.43. The van der Waals surface area contributed by atoms with E-state index in [1.807, 2.05) is 6.07 Å². The summed E-state index contributed by atoms with van der Waals surface area (Å²) in [6, 6.07) is 15.3. The molecule has 0 bridgehead atoms.